The molecular formula is C14H12ClN5. The molecule has 5 nitrogen and oxygen atoms in total. The number of hydrogen-bond acceptors (Lipinski definition) is 4. The number of benzene rings is 1. The van der Waals surface area contributed by atoms with Gasteiger partial charge in [0.2, 0.25) is 11.2 Å². The van der Waals surface area contributed by atoms with Crippen molar-refractivity contribution in [2.45, 2.75) is 13.8 Å². The van der Waals surface area contributed by atoms with E-state index in [9.17, 15) is 0 Å². The molecule has 20 heavy (non-hydrogen) atoms. The molecule has 3 aromatic rings. The van der Waals surface area contributed by atoms with E-state index in [0.29, 0.717) is 11.8 Å². The second-order valence-corrected chi connectivity index (χ2v) is 4.91. The number of aryl methyl sites for hydroxylation is 2. The molecule has 3 rings (SSSR count). The van der Waals surface area contributed by atoms with E-state index in [1.165, 1.54) is 0 Å². The van der Waals surface area contributed by atoms with Gasteiger partial charge in [0, 0.05) is 18.0 Å². The average Bonchev–Trinajstić information content (AvgIpc) is 2.90. The molecule has 0 N–H and O–H groups in total. The average molecular weight is 286 g/mol. The van der Waals surface area contributed by atoms with Crippen LogP contribution in [0.1, 0.15) is 11.1 Å². The Morgan fingerprint density at radius 1 is 1.00 bits per heavy atom. The number of hydrogen-bond donors (Lipinski definition) is 0. The molecule has 0 bridgehead atoms. The Hall–Kier alpha value is -2.27. The molecule has 0 fully saturated rings. The summed E-state index contributed by atoms with van der Waals surface area (Å²) in [6.07, 6.45) is 5.04. The topological polar surface area (TPSA) is 56.5 Å². The van der Waals surface area contributed by atoms with Crippen LogP contribution in [-0.2, 0) is 0 Å². The van der Waals surface area contributed by atoms with Crippen molar-refractivity contribution in [3.05, 3.63) is 53.3 Å². The lowest BCUT2D eigenvalue weighted by Gasteiger charge is -2.06. The van der Waals surface area contributed by atoms with E-state index >= 15 is 0 Å². The quantitative estimate of drug-likeness (QED) is 0.726. The first-order valence-electron chi connectivity index (χ1n) is 6.10. The molecule has 0 atom stereocenters. The van der Waals surface area contributed by atoms with Gasteiger partial charge in [-0.25, -0.2) is 4.98 Å². The second-order valence-electron chi connectivity index (χ2n) is 4.57. The van der Waals surface area contributed by atoms with Crippen molar-refractivity contribution in [2.75, 3.05) is 0 Å². The largest absolute Gasteiger partial charge is 0.274 e. The first-order chi connectivity index (χ1) is 9.61. The van der Waals surface area contributed by atoms with Crippen molar-refractivity contribution < 1.29 is 0 Å². The van der Waals surface area contributed by atoms with Crippen molar-refractivity contribution in [1.82, 2.24) is 24.5 Å². The summed E-state index contributed by atoms with van der Waals surface area (Å²) < 4.78 is 1.69. The third kappa shape index (κ3) is 2.53. The summed E-state index contributed by atoms with van der Waals surface area (Å²) in [5.74, 6) is 1.01. The third-order valence-electron chi connectivity index (χ3n) is 2.81. The van der Waals surface area contributed by atoms with E-state index in [1.807, 2.05) is 26.0 Å². The summed E-state index contributed by atoms with van der Waals surface area (Å²) in [7, 11) is 0. The van der Waals surface area contributed by atoms with Crippen molar-refractivity contribution in [3.8, 4) is 17.3 Å². The SMILES string of the molecule is Cc1cc(C)cc(-c2nc(Cl)nc(-n3ccnc3)n2)c1. The molecule has 100 valence electrons. The van der Waals surface area contributed by atoms with Crippen LogP contribution in [0.2, 0.25) is 5.28 Å². The first-order valence-corrected chi connectivity index (χ1v) is 6.48. The molecule has 0 aliphatic heterocycles. The lowest BCUT2D eigenvalue weighted by atomic mass is 10.1. The van der Waals surface area contributed by atoms with Crippen LogP contribution in [0.4, 0.5) is 0 Å². The molecule has 2 heterocycles. The highest BCUT2D eigenvalue weighted by molar-refractivity contribution is 6.28. The minimum Gasteiger partial charge on any atom is -0.274 e. The summed E-state index contributed by atoms with van der Waals surface area (Å²) in [5, 5.41) is 0.165. The molecule has 0 aliphatic carbocycles. The zero-order valence-corrected chi connectivity index (χ0v) is 11.8. The van der Waals surface area contributed by atoms with Gasteiger partial charge in [0.15, 0.2) is 5.82 Å². The molecule has 0 unspecified atom stereocenters. The van der Waals surface area contributed by atoms with Gasteiger partial charge in [0.25, 0.3) is 0 Å². The van der Waals surface area contributed by atoms with E-state index in [4.69, 9.17) is 11.6 Å². The number of halogens is 1. The van der Waals surface area contributed by atoms with Crippen LogP contribution in [0.15, 0.2) is 36.9 Å². The van der Waals surface area contributed by atoms with Gasteiger partial charge in [0.1, 0.15) is 6.33 Å². The summed E-state index contributed by atoms with van der Waals surface area (Å²) in [4.78, 5) is 16.7. The number of nitrogens with zero attached hydrogens (tertiary/aromatic N) is 5. The number of imidazole rings is 1. The van der Waals surface area contributed by atoms with Gasteiger partial charge >= 0.3 is 0 Å². The van der Waals surface area contributed by atoms with Gasteiger partial charge in [-0.2, -0.15) is 15.0 Å². The second kappa shape index (κ2) is 5.02. The molecule has 0 aliphatic rings. The van der Waals surface area contributed by atoms with Gasteiger partial charge in [0.05, 0.1) is 0 Å². The third-order valence-corrected chi connectivity index (χ3v) is 2.98. The number of rotatable bonds is 2. The fourth-order valence-corrected chi connectivity index (χ4v) is 2.22. The van der Waals surface area contributed by atoms with Crippen LogP contribution in [0.25, 0.3) is 17.3 Å². The maximum Gasteiger partial charge on any atom is 0.239 e. The van der Waals surface area contributed by atoms with Gasteiger partial charge in [-0.15, -0.1) is 0 Å². The molecule has 0 saturated carbocycles. The smallest absolute Gasteiger partial charge is 0.239 e. The van der Waals surface area contributed by atoms with Crippen LogP contribution < -0.4 is 0 Å². The Balaban J connectivity index is 2.14. The highest BCUT2D eigenvalue weighted by Gasteiger charge is 2.09. The van der Waals surface area contributed by atoms with Crippen LogP contribution in [0.5, 0.6) is 0 Å². The van der Waals surface area contributed by atoms with Crippen molar-refractivity contribution in [2.24, 2.45) is 0 Å². The van der Waals surface area contributed by atoms with E-state index in [0.717, 1.165) is 16.7 Å². The molecule has 0 amide bonds. The standard InChI is InChI=1S/C14H12ClN5/c1-9-5-10(2)7-11(6-9)12-17-13(15)19-14(18-12)20-4-3-16-8-20/h3-8H,1-2H3. The van der Waals surface area contributed by atoms with Gasteiger partial charge in [-0.05, 0) is 37.6 Å². The first kappa shape index (κ1) is 12.7. The van der Waals surface area contributed by atoms with E-state index in [-0.39, 0.29) is 5.28 Å². The molecular weight excluding hydrogens is 274 g/mol. The summed E-state index contributed by atoms with van der Waals surface area (Å²) in [6.45, 7) is 4.08. The Kier molecular flexibility index (Phi) is 3.20. The van der Waals surface area contributed by atoms with Crippen LogP contribution in [0, 0.1) is 13.8 Å². The van der Waals surface area contributed by atoms with Gasteiger partial charge < -0.3 is 0 Å². The Morgan fingerprint density at radius 2 is 1.75 bits per heavy atom. The maximum atomic E-state index is 6.00. The highest BCUT2D eigenvalue weighted by Crippen LogP contribution is 2.20. The van der Waals surface area contributed by atoms with Gasteiger partial charge in [-0.3, -0.25) is 4.57 Å². The van der Waals surface area contributed by atoms with Crippen molar-refractivity contribution >= 4 is 11.6 Å². The summed E-state index contributed by atoms with van der Waals surface area (Å²) in [5.41, 5.74) is 3.23. The van der Waals surface area contributed by atoms with E-state index in [2.05, 4.69) is 26.0 Å². The Morgan fingerprint density at radius 3 is 2.40 bits per heavy atom. The van der Waals surface area contributed by atoms with Crippen LogP contribution in [-0.4, -0.2) is 24.5 Å². The van der Waals surface area contributed by atoms with E-state index in [1.54, 1.807) is 23.3 Å². The zero-order valence-electron chi connectivity index (χ0n) is 11.1. The van der Waals surface area contributed by atoms with E-state index < -0.39 is 0 Å². The van der Waals surface area contributed by atoms with Crippen molar-refractivity contribution in [3.63, 3.8) is 0 Å². The summed E-state index contributed by atoms with van der Waals surface area (Å²) in [6, 6.07) is 6.15. The lowest BCUT2D eigenvalue weighted by Crippen LogP contribution is -2.03. The van der Waals surface area contributed by atoms with Gasteiger partial charge in [-0.1, -0.05) is 17.2 Å². The normalized spacial score (nSPS) is 10.8. The molecule has 1 aromatic carbocycles. The monoisotopic (exact) mass is 285 g/mol. The zero-order chi connectivity index (χ0) is 14.1. The maximum absolute atomic E-state index is 6.00. The Labute approximate surface area is 121 Å². The molecule has 0 spiro atoms. The number of aromatic nitrogens is 5. The predicted octanol–water partition coefficient (Wildman–Crippen LogP) is 2.99. The lowest BCUT2D eigenvalue weighted by molar-refractivity contribution is 0.899. The molecule has 2 aromatic heterocycles. The molecule has 6 heteroatoms. The van der Waals surface area contributed by atoms with Crippen molar-refractivity contribution in [1.29, 1.82) is 0 Å². The van der Waals surface area contributed by atoms with Crippen LogP contribution in [0.3, 0.4) is 0 Å². The minimum absolute atomic E-state index is 0.165. The highest BCUT2D eigenvalue weighted by atomic mass is 35.5. The molecule has 0 saturated heterocycles. The summed E-state index contributed by atoms with van der Waals surface area (Å²) >= 11 is 6.00. The molecule has 0 radical (unpaired) electrons. The fraction of sp³-hybridized carbons (Fsp3) is 0.143. The minimum atomic E-state index is 0.165. The Bertz CT molecular complexity index is 732. The van der Waals surface area contributed by atoms with Crippen LogP contribution >= 0.6 is 11.6 Å². The fourth-order valence-electron chi connectivity index (χ4n) is 2.07. The predicted molar refractivity (Wildman–Crippen MR) is 76.9 cm³/mol.